The number of halogens is 1. The molecular weight excluding hydrogens is 506 g/mol. The molecule has 6 rings (SSSR count). The number of aromatic nitrogens is 2. The number of thiophene rings is 1. The minimum absolute atomic E-state index is 0.0855. The van der Waals surface area contributed by atoms with Crippen LogP contribution in [0.25, 0.3) is 27.3 Å². The monoisotopic (exact) mass is 527 g/mol. The molecular formula is C29H22ClN3O3S. The lowest BCUT2D eigenvalue weighted by molar-refractivity contribution is 0.0974. The average Bonchev–Trinajstić information content (AvgIpc) is 3.29. The highest BCUT2D eigenvalue weighted by Crippen LogP contribution is 2.45. The van der Waals surface area contributed by atoms with Gasteiger partial charge in [0.25, 0.3) is 5.56 Å². The summed E-state index contributed by atoms with van der Waals surface area (Å²) >= 11 is 7.59. The molecule has 0 amide bonds. The highest BCUT2D eigenvalue weighted by Gasteiger charge is 2.30. The van der Waals surface area contributed by atoms with Crippen LogP contribution in [-0.2, 0) is 6.42 Å². The van der Waals surface area contributed by atoms with Crippen molar-refractivity contribution in [2.75, 3.05) is 12.4 Å². The Labute approximate surface area is 222 Å². The van der Waals surface area contributed by atoms with Crippen molar-refractivity contribution >= 4 is 50.3 Å². The summed E-state index contributed by atoms with van der Waals surface area (Å²) in [5, 5.41) is 5.26. The van der Waals surface area contributed by atoms with Crippen molar-refractivity contribution in [3.8, 4) is 22.1 Å². The molecule has 3 aromatic carbocycles. The lowest BCUT2D eigenvalue weighted by atomic mass is 9.91. The number of fused-ring (bicyclic) bond motifs is 2. The second kappa shape index (κ2) is 9.50. The van der Waals surface area contributed by atoms with Crippen LogP contribution in [-0.4, -0.2) is 22.4 Å². The van der Waals surface area contributed by atoms with E-state index in [0.717, 1.165) is 34.0 Å². The maximum absolute atomic E-state index is 13.8. The van der Waals surface area contributed by atoms with Crippen molar-refractivity contribution in [1.82, 2.24) is 9.55 Å². The van der Waals surface area contributed by atoms with Crippen LogP contribution in [0.2, 0.25) is 5.02 Å². The number of nitrogens with zero attached hydrogens (tertiary/aromatic N) is 2. The summed E-state index contributed by atoms with van der Waals surface area (Å²) in [5.74, 6) is 1.27. The molecule has 0 spiro atoms. The van der Waals surface area contributed by atoms with Gasteiger partial charge in [0.1, 0.15) is 10.8 Å². The lowest BCUT2D eigenvalue weighted by Crippen LogP contribution is -2.22. The van der Waals surface area contributed by atoms with Crippen LogP contribution in [0.5, 0.6) is 5.75 Å². The van der Waals surface area contributed by atoms with Crippen LogP contribution < -0.4 is 15.6 Å². The molecule has 0 aliphatic heterocycles. The van der Waals surface area contributed by atoms with Gasteiger partial charge in [0, 0.05) is 11.4 Å². The molecule has 6 nitrogen and oxygen atoms in total. The van der Waals surface area contributed by atoms with Gasteiger partial charge in [-0.1, -0.05) is 35.9 Å². The fourth-order valence-corrected chi connectivity index (χ4v) is 6.19. The molecule has 1 aliphatic carbocycles. The molecule has 0 saturated heterocycles. The number of anilines is 2. The number of ether oxygens (including phenoxy) is 1. The lowest BCUT2D eigenvalue weighted by Gasteiger charge is -2.16. The fourth-order valence-electron chi connectivity index (χ4n) is 4.80. The molecule has 0 bridgehead atoms. The average molecular weight is 528 g/mol. The van der Waals surface area contributed by atoms with E-state index in [1.165, 1.54) is 11.3 Å². The normalized spacial score (nSPS) is 13.0. The van der Waals surface area contributed by atoms with Crippen molar-refractivity contribution in [3.63, 3.8) is 0 Å². The molecule has 8 heteroatoms. The quantitative estimate of drug-likeness (QED) is 0.265. The molecule has 1 N–H and O–H groups in total. The Bertz CT molecular complexity index is 1720. The number of para-hydroxylation sites is 3. The van der Waals surface area contributed by atoms with Crippen LogP contribution in [0.1, 0.15) is 28.8 Å². The maximum atomic E-state index is 13.8. The molecule has 0 saturated carbocycles. The van der Waals surface area contributed by atoms with Crippen molar-refractivity contribution in [2.24, 2.45) is 0 Å². The molecule has 0 atom stereocenters. The van der Waals surface area contributed by atoms with Gasteiger partial charge in [-0.05, 0) is 66.9 Å². The summed E-state index contributed by atoms with van der Waals surface area (Å²) in [4.78, 5) is 32.8. The molecule has 0 radical (unpaired) electrons. The van der Waals surface area contributed by atoms with E-state index in [-0.39, 0.29) is 11.3 Å². The fraction of sp³-hybridized carbons (Fsp3) is 0.138. The Balaban J connectivity index is 1.62. The summed E-state index contributed by atoms with van der Waals surface area (Å²) < 4.78 is 7.14. The highest BCUT2D eigenvalue weighted by atomic mass is 35.5. The van der Waals surface area contributed by atoms with Gasteiger partial charge in [0.05, 0.1) is 39.8 Å². The standard InChI is InChI=1S/C29H22ClN3O3S/c1-36-24-12-5-4-10-22(24)32-28-25-20(8-6-11-23(25)34)26(37-28)27-31-21-9-3-2-7-19(21)29(35)33(27)18-15-13-17(30)14-16-18/h2-5,7,9-10,12-16,32H,6,8,11H2,1H3. The van der Waals surface area contributed by atoms with Crippen LogP contribution in [0.15, 0.2) is 77.6 Å². The van der Waals surface area contributed by atoms with E-state index >= 15 is 0 Å². The molecule has 0 fully saturated rings. The third-order valence-corrected chi connectivity index (χ3v) is 7.93. The van der Waals surface area contributed by atoms with Crippen LogP contribution >= 0.6 is 22.9 Å². The van der Waals surface area contributed by atoms with Crippen molar-refractivity contribution in [2.45, 2.75) is 19.3 Å². The van der Waals surface area contributed by atoms with Crippen LogP contribution in [0, 0.1) is 0 Å². The Hall–Kier alpha value is -3.94. The smallest absolute Gasteiger partial charge is 0.266 e. The Kier molecular flexibility index (Phi) is 6.02. The topological polar surface area (TPSA) is 73.2 Å². The molecule has 5 aromatic rings. The first-order chi connectivity index (χ1) is 18.0. The number of carbonyl (C=O) groups excluding carboxylic acids is 1. The third kappa shape index (κ3) is 4.10. The van der Waals surface area contributed by atoms with E-state index in [1.807, 2.05) is 54.6 Å². The van der Waals surface area contributed by atoms with Gasteiger partial charge >= 0.3 is 0 Å². The first-order valence-corrected chi connectivity index (χ1v) is 13.1. The molecule has 184 valence electrons. The van der Waals surface area contributed by atoms with Crippen molar-refractivity contribution < 1.29 is 9.53 Å². The number of rotatable bonds is 5. The second-order valence-electron chi connectivity index (χ2n) is 8.79. The largest absolute Gasteiger partial charge is 0.495 e. The van der Waals surface area contributed by atoms with Gasteiger partial charge in [0.15, 0.2) is 11.6 Å². The number of ketones is 1. The Morgan fingerprint density at radius 3 is 2.54 bits per heavy atom. The minimum Gasteiger partial charge on any atom is -0.495 e. The number of benzene rings is 3. The van der Waals surface area contributed by atoms with Crippen LogP contribution in [0.3, 0.4) is 0 Å². The summed E-state index contributed by atoms with van der Waals surface area (Å²) in [6.45, 7) is 0. The Morgan fingerprint density at radius 1 is 0.973 bits per heavy atom. The van der Waals surface area contributed by atoms with E-state index in [0.29, 0.717) is 45.2 Å². The number of nitrogens with one attached hydrogen (secondary N) is 1. The van der Waals surface area contributed by atoms with E-state index in [9.17, 15) is 9.59 Å². The number of methoxy groups -OCH3 is 1. The van der Waals surface area contributed by atoms with E-state index in [4.69, 9.17) is 21.3 Å². The Morgan fingerprint density at radius 2 is 1.73 bits per heavy atom. The number of carbonyl (C=O) groups is 1. The van der Waals surface area contributed by atoms with Gasteiger partial charge < -0.3 is 10.1 Å². The predicted molar refractivity (Wildman–Crippen MR) is 149 cm³/mol. The minimum atomic E-state index is -0.175. The van der Waals surface area contributed by atoms with Gasteiger partial charge in [-0.25, -0.2) is 4.98 Å². The van der Waals surface area contributed by atoms with Gasteiger partial charge in [-0.15, -0.1) is 11.3 Å². The SMILES string of the molecule is COc1ccccc1Nc1sc(-c2nc3ccccc3c(=O)n2-c2ccc(Cl)cc2)c2c1C(=O)CCC2. The zero-order valence-electron chi connectivity index (χ0n) is 20.0. The van der Waals surface area contributed by atoms with Crippen molar-refractivity contribution in [3.05, 3.63) is 99.3 Å². The molecule has 37 heavy (non-hydrogen) atoms. The van der Waals surface area contributed by atoms with Crippen LogP contribution in [0.4, 0.5) is 10.7 Å². The van der Waals surface area contributed by atoms with E-state index < -0.39 is 0 Å². The third-order valence-electron chi connectivity index (χ3n) is 6.54. The van der Waals surface area contributed by atoms with Crippen molar-refractivity contribution in [1.29, 1.82) is 0 Å². The molecule has 0 unspecified atom stereocenters. The summed E-state index contributed by atoms with van der Waals surface area (Å²) in [6.07, 6.45) is 1.96. The zero-order valence-corrected chi connectivity index (χ0v) is 21.5. The van der Waals surface area contributed by atoms with E-state index in [1.54, 1.807) is 29.9 Å². The number of hydrogen-bond donors (Lipinski definition) is 1. The second-order valence-corrected chi connectivity index (χ2v) is 10.2. The highest BCUT2D eigenvalue weighted by molar-refractivity contribution is 7.20. The number of Topliss-reactive ketones (excluding diaryl/α,β-unsaturated/α-hetero) is 1. The molecule has 2 heterocycles. The summed E-state index contributed by atoms with van der Waals surface area (Å²) in [5.41, 5.74) is 3.44. The van der Waals surface area contributed by atoms with Gasteiger partial charge in [-0.3, -0.25) is 14.2 Å². The summed E-state index contributed by atoms with van der Waals surface area (Å²) in [7, 11) is 1.62. The first-order valence-electron chi connectivity index (χ1n) is 11.9. The summed E-state index contributed by atoms with van der Waals surface area (Å²) in [6, 6.07) is 22.0. The molecule has 1 aliphatic rings. The molecule has 2 aromatic heterocycles. The predicted octanol–water partition coefficient (Wildman–Crippen LogP) is 7.04. The number of hydrogen-bond acceptors (Lipinski definition) is 6. The zero-order chi connectivity index (χ0) is 25.5. The first kappa shape index (κ1) is 23.5. The van der Waals surface area contributed by atoms with E-state index in [2.05, 4.69) is 5.32 Å². The van der Waals surface area contributed by atoms with Gasteiger partial charge in [0.2, 0.25) is 0 Å². The maximum Gasteiger partial charge on any atom is 0.266 e. The van der Waals surface area contributed by atoms with Gasteiger partial charge in [-0.2, -0.15) is 0 Å².